The van der Waals surface area contributed by atoms with Crippen molar-refractivity contribution < 1.29 is 13.2 Å². The van der Waals surface area contributed by atoms with Crippen molar-refractivity contribution in [3.05, 3.63) is 0 Å². The zero-order chi connectivity index (χ0) is 9.99. The van der Waals surface area contributed by atoms with Gasteiger partial charge in [-0.2, -0.15) is 0 Å². The zero-order valence-corrected chi connectivity index (χ0v) is 8.44. The van der Waals surface area contributed by atoms with Gasteiger partial charge in [0.15, 0.2) is 0 Å². The van der Waals surface area contributed by atoms with Crippen LogP contribution in [0.15, 0.2) is 0 Å². The summed E-state index contributed by atoms with van der Waals surface area (Å²) in [6.45, 7) is 4.85. The fourth-order valence-electron chi connectivity index (χ4n) is 1.27. The summed E-state index contributed by atoms with van der Waals surface area (Å²) >= 11 is 0. The molecule has 0 spiro atoms. The topological polar surface area (TPSA) is 77.2 Å². The molecule has 12 heavy (non-hydrogen) atoms. The van der Waals surface area contributed by atoms with Gasteiger partial charge in [0.2, 0.25) is 10.0 Å². The van der Waals surface area contributed by atoms with E-state index in [0.717, 1.165) is 0 Å². The van der Waals surface area contributed by atoms with E-state index in [1.165, 1.54) is 6.92 Å². The third-order valence-corrected chi connectivity index (χ3v) is 2.50. The average Bonchev–Trinajstić information content (AvgIpc) is 1.48. The first-order valence-electron chi connectivity index (χ1n) is 3.62. The lowest BCUT2D eigenvalue weighted by atomic mass is 9.90. The number of primary sulfonamides is 1. The number of sulfonamides is 1. The Hall–Kier alpha value is -0.420. The van der Waals surface area contributed by atoms with Gasteiger partial charge in [-0.1, -0.05) is 13.8 Å². The maximum atomic E-state index is 10.7. The van der Waals surface area contributed by atoms with E-state index in [1.54, 1.807) is 13.8 Å². The first-order chi connectivity index (χ1) is 5.12. The Morgan fingerprint density at radius 1 is 1.42 bits per heavy atom. The monoisotopic (exact) mass is 193 g/mol. The van der Waals surface area contributed by atoms with Gasteiger partial charge in [-0.15, -0.1) is 0 Å². The molecule has 0 radical (unpaired) electrons. The highest BCUT2D eigenvalue weighted by Crippen LogP contribution is 2.21. The lowest BCUT2D eigenvalue weighted by Gasteiger charge is -2.21. The van der Waals surface area contributed by atoms with Crippen LogP contribution in [0.3, 0.4) is 0 Å². The van der Waals surface area contributed by atoms with E-state index < -0.39 is 15.4 Å². The van der Waals surface area contributed by atoms with Gasteiger partial charge < -0.3 is 4.79 Å². The molecule has 0 atom stereocenters. The van der Waals surface area contributed by atoms with Crippen molar-refractivity contribution in [3.8, 4) is 0 Å². The normalized spacial score (nSPS) is 13.0. The van der Waals surface area contributed by atoms with Crippen LogP contribution in [-0.2, 0) is 14.8 Å². The summed E-state index contributed by atoms with van der Waals surface area (Å²) in [7, 11) is -3.48. The fraction of sp³-hybridized carbons (Fsp3) is 0.857. The van der Waals surface area contributed by atoms with Crippen molar-refractivity contribution in [2.75, 3.05) is 5.75 Å². The number of carbonyl (C=O) groups is 1. The minimum atomic E-state index is -3.48. The van der Waals surface area contributed by atoms with Gasteiger partial charge in [0, 0.05) is 6.42 Å². The van der Waals surface area contributed by atoms with Crippen molar-refractivity contribution in [1.82, 2.24) is 0 Å². The Morgan fingerprint density at radius 2 is 1.83 bits per heavy atom. The molecule has 0 fully saturated rings. The molecule has 0 saturated heterocycles. The second-order valence-electron chi connectivity index (χ2n) is 3.85. The number of nitrogens with two attached hydrogens (primary N) is 1. The third kappa shape index (κ3) is 6.30. The summed E-state index contributed by atoms with van der Waals surface area (Å²) < 4.78 is 21.4. The van der Waals surface area contributed by atoms with E-state index in [2.05, 4.69) is 0 Å². The quantitative estimate of drug-likeness (QED) is 0.696. The summed E-state index contributed by atoms with van der Waals surface area (Å²) in [6, 6.07) is 0. The van der Waals surface area contributed by atoms with Crippen LogP contribution in [0.4, 0.5) is 0 Å². The van der Waals surface area contributed by atoms with Gasteiger partial charge in [-0.25, -0.2) is 13.6 Å². The highest BCUT2D eigenvalue weighted by molar-refractivity contribution is 7.89. The van der Waals surface area contributed by atoms with Crippen LogP contribution in [0, 0.1) is 5.41 Å². The Labute approximate surface area is 73.2 Å². The minimum Gasteiger partial charge on any atom is -0.300 e. The molecule has 0 aromatic rings. The second-order valence-corrected chi connectivity index (χ2v) is 5.46. The molecule has 0 rings (SSSR count). The molecule has 0 aliphatic carbocycles. The lowest BCUT2D eigenvalue weighted by molar-refractivity contribution is -0.118. The number of hydrogen-bond donors (Lipinski definition) is 1. The number of rotatable bonds is 4. The summed E-state index contributed by atoms with van der Waals surface area (Å²) in [6.07, 6.45) is 0.240. The predicted octanol–water partition coefficient (Wildman–Crippen LogP) is 0.280. The van der Waals surface area contributed by atoms with Crippen LogP contribution in [0.2, 0.25) is 0 Å². The maximum absolute atomic E-state index is 10.7. The maximum Gasteiger partial charge on any atom is 0.209 e. The van der Waals surface area contributed by atoms with Gasteiger partial charge in [-0.3, -0.25) is 0 Å². The number of ketones is 1. The van der Waals surface area contributed by atoms with Crippen LogP contribution < -0.4 is 5.14 Å². The van der Waals surface area contributed by atoms with E-state index in [1.807, 2.05) is 0 Å². The van der Waals surface area contributed by atoms with Crippen molar-refractivity contribution in [1.29, 1.82) is 0 Å². The first kappa shape index (κ1) is 11.6. The van der Waals surface area contributed by atoms with E-state index in [0.29, 0.717) is 0 Å². The molecule has 72 valence electrons. The molecule has 0 aromatic heterocycles. The Balaban J connectivity index is 4.33. The molecule has 0 aromatic carbocycles. The van der Waals surface area contributed by atoms with Gasteiger partial charge >= 0.3 is 0 Å². The first-order valence-corrected chi connectivity index (χ1v) is 5.34. The molecule has 0 unspecified atom stereocenters. The molecule has 0 saturated carbocycles. The number of carbonyl (C=O) groups excluding carboxylic acids is 1. The van der Waals surface area contributed by atoms with Crippen LogP contribution in [0.1, 0.15) is 27.2 Å². The van der Waals surface area contributed by atoms with Crippen LogP contribution in [-0.4, -0.2) is 20.0 Å². The lowest BCUT2D eigenvalue weighted by Crippen LogP contribution is -2.30. The van der Waals surface area contributed by atoms with Crippen molar-refractivity contribution in [3.63, 3.8) is 0 Å². The van der Waals surface area contributed by atoms with E-state index in [4.69, 9.17) is 5.14 Å². The van der Waals surface area contributed by atoms with Crippen molar-refractivity contribution in [2.24, 2.45) is 10.6 Å². The molecule has 0 heterocycles. The summed E-state index contributed by atoms with van der Waals surface area (Å²) in [4.78, 5) is 10.7. The highest BCUT2D eigenvalue weighted by atomic mass is 32.2. The Morgan fingerprint density at radius 3 is 2.08 bits per heavy atom. The van der Waals surface area contributed by atoms with E-state index in [-0.39, 0.29) is 18.0 Å². The molecular formula is C7H15NO3S. The van der Waals surface area contributed by atoms with Gasteiger partial charge in [-0.05, 0) is 12.3 Å². The van der Waals surface area contributed by atoms with Crippen molar-refractivity contribution in [2.45, 2.75) is 27.2 Å². The predicted molar refractivity (Wildman–Crippen MR) is 47.1 cm³/mol. The fourth-order valence-corrected chi connectivity index (χ4v) is 2.46. The number of hydrogen-bond acceptors (Lipinski definition) is 3. The van der Waals surface area contributed by atoms with Crippen LogP contribution >= 0.6 is 0 Å². The standard InChI is InChI=1S/C7H15NO3S/c1-6(9)4-7(2,3)5-12(8,10)11/h4-5H2,1-3H3,(H2,8,10,11). The second kappa shape index (κ2) is 3.53. The summed E-state index contributed by atoms with van der Waals surface area (Å²) in [5.41, 5.74) is -0.556. The van der Waals surface area contributed by atoms with E-state index >= 15 is 0 Å². The Kier molecular flexibility index (Phi) is 3.41. The molecule has 4 nitrogen and oxygen atoms in total. The van der Waals surface area contributed by atoms with Gasteiger partial charge in [0.1, 0.15) is 5.78 Å². The molecule has 2 N–H and O–H groups in total. The van der Waals surface area contributed by atoms with E-state index in [9.17, 15) is 13.2 Å². The van der Waals surface area contributed by atoms with Crippen LogP contribution in [0.5, 0.6) is 0 Å². The molecule has 5 heteroatoms. The molecule has 0 aliphatic rings. The summed E-state index contributed by atoms with van der Waals surface area (Å²) in [5.74, 6) is -0.178. The van der Waals surface area contributed by atoms with Crippen molar-refractivity contribution >= 4 is 15.8 Å². The molecule has 0 bridgehead atoms. The largest absolute Gasteiger partial charge is 0.300 e. The smallest absolute Gasteiger partial charge is 0.209 e. The molecule has 0 amide bonds. The van der Waals surface area contributed by atoms with Crippen LogP contribution in [0.25, 0.3) is 0 Å². The van der Waals surface area contributed by atoms with Gasteiger partial charge in [0.25, 0.3) is 0 Å². The zero-order valence-electron chi connectivity index (χ0n) is 7.62. The summed E-state index contributed by atoms with van der Waals surface area (Å²) in [5, 5.41) is 4.86. The highest BCUT2D eigenvalue weighted by Gasteiger charge is 2.25. The third-order valence-electron chi connectivity index (χ3n) is 1.32. The molecule has 0 aliphatic heterocycles. The Bertz CT molecular complexity index is 266. The number of Topliss-reactive ketones (excluding diaryl/α,β-unsaturated/α-hetero) is 1. The molecular weight excluding hydrogens is 178 g/mol. The minimum absolute atomic E-state index is 0.0244. The SMILES string of the molecule is CC(=O)CC(C)(C)CS(N)(=O)=O. The van der Waals surface area contributed by atoms with Gasteiger partial charge in [0.05, 0.1) is 5.75 Å². The average molecular weight is 193 g/mol.